The largest absolute Gasteiger partial charge is 0.351 e. The summed E-state index contributed by atoms with van der Waals surface area (Å²) in [5.41, 5.74) is 3.71. The van der Waals surface area contributed by atoms with Gasteiger partial charge in [0.25, 0.3) is 5.91 Å². The number of carbonyl (C=O) groups excluding carboxylic acids is 1. The van der Waals surface area contributed by atoms with E-state index in [4.69, 9.17) is 0 Å². The SMILES string of the molecule is CCc1ccc(Cn2nnc(C(=O)NCC[C@H](C)N3CCCCC3)c2C)cc1. The van der Waals surface area contributed by atoms with Crippen LogP contribution in [0.4, 0.5) is 0 Å². The summed E-state index contributed by atoms with van der Waals surface area (Å²) < 4.78 is 1.80. The van der Waals surface area contributed by atoms with Crippen LogP contribution in [0.25, 0.3) is 0 Å². The van der Waals surface area contributed by atoms with Gasteiger partial charge in [0.1, 0.15) is 0 Å². The summed E-state index contributed by atoms with van der Waals surface area (Å²) in [6, 6.07) is 9.00. The lowest BCUT2D eigenvalue weighted by atomic mass is 10.1. The molecular weight excluding hydrogens is 350 g/mol. The second kappa shape index (κ2) is 9.82. The van der Waals surface area contributed by atoms with E-state index in [1.54, 1.807) is 4.68 Å². The number of rotatable bonds is 8. The van der Waals surface area contributed by atoms with Gasteiger partial charge in [0.15, 0.2) is 5.69 Å². The summed E-state index contributed by atoms with van der Waals surface area (Å²) in [4.78, 5) is 15.1. The van der Waals surface area contributed by atoms with E-state index in [1.807, 2.05) is 6.92 Å². The Morgan fingerprint density at radius 2 is 1.82 bits per heavy atom. The predicted octanol–water partition coefficient (Wildman–Crippen LogP) is 3.19. The Labute approximate surface area is 168 Å². The van der Waals surface area contributed by atoms with E-state index in [9.17, 15) is 4.79 Å². The van der Waals surface area contributed by atoms with Crippen LogP contribution in [0, 0.1) is 6.92 Å². The van der Waals surface area contributed by atoms with Crippen molar-refractivity contribution in [2.75, 3.05) is 19.6 Å². The topological polar surface area (TPSA) is 63.1 Å². The van der Waals surface area contributed by atoms with Gasteiger partial charge >= 0.3 is 0 Å². The fourth-order valence-corrected chi connectivity index (χ4v) is 3.79. The number of nitrogens with one attached hydrogen (secondary N) is 1. The monoisotopic (exact) mass is 383 g/mol. The molecule has 6 nitrogen and oxygen atoms in total. The first-order valence-electron chi connectivity index (χ1n) is 10.6. The number of benzene rings is 1. The number of hydrogen-bond acceptors (Lipinski definition) is 4. The number of amides is 1. The zero-order valence-corrected chi connectivity index (χ0v) is 17.4. The van der Waals surface area contributed by atoms with E-state index in [2.05, 4.69) is 58.6 Å². The number of aromatic nitrogens is 3. The molecule has 1 N–H and O–H groups in total. The van der Waals surface area contributed by atoms with Gasteiger partial charge in [0.05, 0.1) is 12.2 Å². The minimum Gasteiger partial charge on any atom is -0.351 e. The maximum atomic E-state index is 12.5. The predicted molar refractivity (Wildman–Crippen MR) is 112 cm³/mol. The molecule has 0 aliphatic carbocycles. The van der Waals surface area contributed by atoms with Crippen LogP contribution in [0.15, 0.2) is 24.3 Å². The van der Waals surface area contributed by atoms with Crippen molar-refractivity contribution in [1.29, 1.82) is 0 Å². The molecule has 0 radical (unpaired) electrons. The van der Waals surface area contributed by atoms with E-state index < -0.39 is 0 Å². The van der Waals surface area contributed by atoms with Gasteiger partial charge in [-0.3, -0.25) is 4.79 Å². The molecule has 0 bridgehead atoms. The molecule has 0 unspecified atom stereocenters. The first-order valence-corrected chi connectivity index (χ1v) is 10.6. The standard InChI is InChI=1S/C22H33N5O/c1-4-19-8-10-20(11-9-19)16-27-18(3)21(24-25-27)22(28)23-13-12-17(2)26-14-6-5-7-15-26/h8-11,17H,4-7,12-16H2,1-3H3,(H,23,28)/t17-/m0/s1. The van der Waals surface area contributed by atoms with Crippen molar-refractivity contribution in [2.45, 2.75) is 65.5 Å². The number of piperidine rings is 1. The molecular formula is C22H33N5O. The van der Waals surface area contributed by atoms with Crippen LogP contribution in [0.1, 0.15) is 66.8 Å². The number of carbonyl (C=O) groups is 1. The van der Waals surface area contributed by atoms with E-state index in [0.717, 1.165) is 24.1 Å². The third-order valence-electron chi connectivity index (χ3n) is 5.82. The highest BCUT2D eigenvalue weighted by molar-refractivity contribution is 5.93. The molecule has 28 heavy (non-hydrogen) atoms. The number of nitrogens with zero attached hydrogens (tertiary/aromatic N) is 4. The van der Waals surface area contributed by atoms with E-state index in [0.29, 0.717) is 24.8 Å². The van der Waals surface area contributed by atoms with Crippen LogP contribution >= 0.6 is 0 Å². The molecule has 6 heteroatoms. The molecule has 1 amide bonds. The molecule has 1 aliphatic rings. The molecule has 2 aromatic rings. The molecule has 1 aromatic heterocycles. The molecule has 1 aromatic carbocycles. The van der Waals surface area contributed by atoms with Gasteiger partial charge in [-0.25, -0.2) is 4.68 Å². The van der Waals surface area contributed by atoms with Crippen molar-refractivity contribution in [3.8, 4) is 0 Å². The van der Waals surface area contributed by atoms with Crippen molar-refractivity contribution in [2.24, 2.45) is 0 Å². The van der Waals surface area contributed by atoms with Gasteiger partial charge < -0.3 is 10.2 Å². The van der Waals surface area contributed by atoms with Gasteiger partial charge in [-0.1, -0.05) is 42.8 Å². The first-order chi connectivity index (χ1) is 13.6. The average Bonchev–Trinajstić information content (AvgIpc) is 3.09. The van der Waals surface area contributed by atoms with Crippen molar-refractivity contribution in [3.05, 3.63) is 46.8 Å². The summed E-state index contributed by atoms with van der Waals surface area (Å²) in [6.07, 6.45) is 5.92. The Kier molecular flexibility index (Phi) is 7.20. The molecule has 152 valence electrons. The Hall–Kier alpha value is -2.21. The van der Waals surface area contributed by atoms with Crippen molar-refractivity contribution >= 4 is 5.91 Å². The quantitative estimate of drug-likeness (QED) is 0.760. The van der Waals surface area contributed by atoms with Crippen LogP contribution in [0.2, 0.25) is 0 Å². The maximum Gasteiger partial charge on any atom is 0.273 e. The van der Waals surface area contributed by atoms with Crippen LogP contribution in [0.3, 0.4) is 0 Å². The lowest BCUT2D eigenvalue weighted by Gasteiger charge is -2.32. The Morgan fingerprint density at radius 1 is 1.14 bits per heavy atom. The average molecular weight is 384 g/mol. The summed E-state index contributed by atoms with van der Waals surface area (Å²) in [7, 11) is 0. The highest BCUT2D eigenvalue weighted by atomic mass is 16.2. The van der Waals surface area contributed by atoms with Gasteiger partial charge in [-0.05, 0) is 63.7 Å². The second-order valence-corrected chi connectivity index (χ2v) is 7.84. The van der Waals surface area contributed by atoms with Crippen molar-refractivity contribution in [3.63, 3.8) is 0 Å². The zero-order chi connectivity index (χ0) is 19.9. The van der Waals surface area contributed by atoms with Gasteiger partial charge in [-0.15, -0.1) is 5.10 Å². The summed E-state index contributed by atoms with van der Waals surface area (Å²) >= 11 is 0. The minimum atomic E-state index is -0.129. The Bertz CT molecular complexity index is 762. The lowest BCUT2D eigenvalue weighted by Crippen LogP contribution is -2.39. The molecule has 2 heterocycles. The van der Waals surface area contributed by atoms with Crippen LogP contribution in [0.5, 0.6) is 0 Å². The number of aryl methyl sites for hydroxylation is 1. The highest BCUT2D eigenvalue weighted by Crippen LogP contribution is 2.14. The summed E-state index contributed by atoms with van der Waals surface area (Å²) in [5.74, 6) is -0.129. The first kappa shape index (κ1) is 20.5. The van der Waals surface area contributed by atoms with Crippen LogP contribution < -0.4 is 5.32 Å². The Morgan fingerprint density at radius 3 is 2.50 bits per heavy atom. The molecule has 1 fully saturated rings. The van der Waals surface area contributed by atoms with Gasteiger partial charge in [0.2, 0.25) is 0 Å². The fourth-order valence-electron chi connectivity index (χ4n) is 3.79. The fraction of sp³-hybridized carbons (Fsp3) is 0.591. The molecule has 0 saturated carbocycles. The molecule has 0 spiro atoms. The summed E-state index contributed by atoms with van der Waals surface area (Å²) in [5, 5.41) is 11.3. The van der Waals surface area contributed by atoms with Crippen LogP contribution in [-0.2, 0) is 13.0 Å². The lowest BCUT2D eigenvalue weighted by molar-refractivity contribution is 0.0940. The molecule has 3 rings (SSSR count). The third kappa shape index (κ3) is 5.19. The van der Waals surface area contributed by atoms with E-state index >= 15 is 0 Å². The van der Waals surface area contributed by atoms with E-state index in [-0.39, 0.29) is 5.91 Å². The molecule has 1 saturated heterocycles. The maximum absolute atomic E-state index is 12.5. The van der Waals surface area contributed by atoms with Crippen molar-refractivity contribution < 1.29 is 4.79 Å². The normalized spacial score (nSPS) is 16.1. The minimum absolute atomic E-state index is 0.129. The number of likely N-dealkylation sites (tertiary alicyclic amines) is 1. The summed E-state index contributed by atoms with van der Waals surface area (Å²) in [6.45, 7) is 9.97. The smallest absolute Gasteiger partial charge is 0.273 e. The number of hydrogen-bond donors (Lipinski definition) is 1. The third-order valence-corrected chi connectivity index (χ3v) is 5.82. The molecule has 1 atom stereocenters. The van der Waals surface area contributed by atoms with E-state index in [1.165, 1.54) is 37.9 Å². The van der Waals surface area contributed by atoms with Crippen molar-refractivity contribution in [1.82, 2.24) is 25.2 Å². The zero-order valence-electron chi connectivity index (χ0n) is 17.4. The van der Waals surface area contributed by atoms with Crippen LogP contribution in [-0.4, -0.2) is 51.5 Å². The Balaban J connectivity index is 1.51. The second-order valence-electron chi connectivity index (χ2n) is 7.84. The molecule has 1 aliphatic heterocycles. The highest BCUT2D eigenvalue weighted by Gasteiger charge is 2.19. The van der Waals surface area contributed by atoms with Gasteiger partial charge in [0, 0.05) is 12.6 Å². The van der Waals surface area contributed by atoms with Gasteiger partial charge in [-0.2, -0.15) is 0 Å².